The normalized spacial score (nSPS) is 11.8. The number of ether oxygens (including phenoxy) is 1. The van der Waals surface area contributed by atoms with E-state index in [1.54, 1.807) is 44.5 Å². The molecule has 1 aromatic carbocycles. The molecular formula is C21H24F2N6O. The van der Waals surface area contributed by atoms with E-state index in [1.807, 2.05) is 0 Å². The molecule has 0 aliphatic carbocycles. The van der Waals surface area contributed by atoms with Gasteiger partial charge < -0.3 is 10.5 Å². The molecule has 9 heteroatoms. The lowest BCUT2D eigenvalue weighted by Gasteiger charge is -2.11. The molecule has 2 aromatic rings. The van der Waals surface area contributed by atoms with E-state index >= 15 is 0 Å². The number of nitrogens with two attached hydrogens (primary N) is 1. The van der Waals surface area contributed by atoms with Crippen LogP contribution in [0, 0.1) is 25.2 Å². The monoisotopic (exact) mass is 414 g/mol. The van der Waals surface area contributed by atoms with Crippen molar-refractivity contribution < 1.29 is 13.5 Å². The van der Waals surface area contributed by atoms with Gasteiger partial charge in [-0.2, -0.15) is 10.4 Å². The van der Waals surface area contributed by atoms with Crippen LogP contribution in [0.3, 0.4) is 0 Å². The second-order valence-corrected chi connectivity index (χ2v) is 6.50. The van der Waals surface area contributed by atoms with Crippen molar-refractivity contribution in [1.82, 2.24) is 9.78 Å². The number of aromatic nitrogens is 2. The summed E-state index contributed by atoms with van der Waals surface area (Å²) in [5.74, 6) is 0.802. The van der Waals surface area contributed by atoms with E-state index in [0.29, 0.717) is 41.4 Å². The first-order valence-corrected chi connectivity index (χ1v) is 9.27. The number of nitrogens with zero attached hydrogens (tertiary/aromatic N) is 5. The Morgan fingerprint density at radius 1 is 1.43 bits per heavy atom. The van der Waals surface area contributed by atoms with E-state index in [1.165, 1.54) is 4.68 Å². The topological polar surface area (TPSA) is 102 Å². The van der Waals surface area contributed by atoms with Gasteiger partial charge in [0.2, 0.25) is 0 Å². The Labute approximate surface area is 174 Å². The number of halogens is 2. The maximum Gasteiger partial charge on any atom is 0.257 e. The molecule has 1 aromatic heterocycles. The second kappa shape index (κ2) is 11.0. The third-order valence-electron chi connectivity index (χ3n) is 4.24. The number of hydrogen-bond donors (Lipinski definition) is 1. The lowest BCUT2D eigenvalue weighted by Crippen LogP contribution is -2.09. The van der Waals surface area contributed by atoms with Crippen molar-refractivity contribution in [2.24, 2.45) is 15.7 Å². The Kier molecular flexibility index (Phi) is 8.38. The van der Waals surface area contributed by atoms with Crippen molar-refractivity contribution in [2.75, 3.05) is 6.54 Å². The zero-order valence-corrected chi connectivity index (χ0v) is 17.0. The molecule has 0 unspecified atom stereocenters. The molecule has 1 heterocycles. The van der Waals surface area contributed by atoms with Gasteiger partial charge in [0.15, 0.2) is 5.75 Å². The van der Waals surface area contributed by atoms with Crippen LogP contribution in [-0.4, -0.2) is 35.7 Å². The highest BCUT2D eigenvalue weighted by molar-refractivity contribution is 5.78. The third kappa shape index (κ3) is 6.06. The van der Waals surface area contributed by atoms with E-state index in [-0.39, 0.29) is 6.54 Å². The van der Waals surface area contributed by atoms with Crippen LogP contribution in [0.25, 0.3) is 0 Å². The largest absolute Gasteiger partial charge is 0.453 e. The number of aryl methyl sites for hydroxylation is 1. The van der Waals surface area contributed by atoms with E-state index < -0.39 is 13.0 Å². The van der Waals surface area contributed by atoms with Gasteiger partial charge in [0.1, 0.15) is 18.0 Å². The Hall–Kier alpha value is -3.38. The molecule has 2 rings (SSSR count). The van der Waals surface area contributed by atoms with Gasteiger partial charge in [0.05, 0.1) is 23.9 Å². The highest BCUT2D eigenvalue weighted by Crippen LogP contribution is 2.32. The summed E-state index contributed by atoms with van der Waals surface area (Å²) >= 11 is 0. The average Bonchev–Trinajstić information content (AvgIpc) is 2.96. The number of alkyl halides is 2. The van der Waals surface area contributed by atoms with Crippen molar-refractivity contribution in [3.8, 4) is 17.6 Å². The molecule has 30 heavy (non-hydrogen) atoms. The fourth-order valence-electron chi connectivity index (χ4n) is 2.80. The Bertz CT molecular complexity index is 988. The first kappa shape index (κ1) is 22.9. The summed E-state index contributed by atoms with van der Waals surface area (Å²) in [6.45, 7) is 7.00. The van der Waals surface area contributed by atoms with Crippen LogP contribution in [0.15, 0.2) is 40.0 Å². The van der Waals surface area contributed by atoms with E-state index in [4.69, 9.17) is 10.5 Å². The highest BCUT2D eigenvalue weighted by atomic mass is 19.3. The van der Waals surface area contributed by atoms with E-state index in [9.17, 15) is 14.0 Å². The molecule has 2 N–H and O–H groups in total. The van der Waals surface area contributed by atoms with Gasteiger partial charge in [-0.25, -0.2) is 8.78 Å². The highest BCUT2D eigenvalue weighted by Gasteiger charge is 2.18. The molecule has 0 saturated heterocycles. The summed E-state index contributed by atoms with van der Waals surface area (Å²) in [6.07, 6.45) is 1.35. The van der Waals surface area contributed by atoms with Crippen molar-refractivity contribution in [3.63, 3.8) is 0 Å². The number of rotatable bonds is 10. The molecule has 0 aliphatic rings. The van der Waals surface area contributed by atoms with Crippen LogP contribution in [0.1, 0.15) is 28.9 Å². The van der Waals surface area contributed by atoms with Gasteiger partial charge >= 0.3 is 0 Å². The molecule has 0 aliphatic heterocycles. The van der Waals surface area contributed by atoms with E-state index in [2.05, 4.69) is 27.9 Å². The molecule has 7 nitrogen and oxygen atoms in total. The standard InChI is InChI=1S/C21H24F2N6O/c1-14-21(15(2)29(28-14)13-20(22)23)30-19-8-16(9-25)4-5-18(19)12-27-11-17(6-7-24)10-26-3/h4-5,8,10-11,20H,3,6-7,12-13,24H2,1-2H3/b17-10-,27-11-. The average molecular weight is 414 g/mol. The number of nitriles is 1. The van der Waals surface area contributed by atoms with Gasteiger partial charge in [-0.1, -0.05) is 6.07 Å². The van der Waals surface area contributed by atoms with Crippen molar-refractivity contribution >= 4 is 12.9 Å². The number of benzene rings is 1. The predicted octanol–water partition coefficient (Wildman–Crippen LogP) is 3.93. The van der Waals surface area contributed by atoms with Gasteiger partial charge in [0, 0.05) is 18.0 Å². The lowest BCUT2D eigenvalue weighted by molar-refractivity contribution is 0.120. The van der Waals surface area contributed by atoms with E-state index in [0.717, 1.165) is 11.1 Å². The molecule has 0 radical (unpaired) electrons. The minimum absolute atomic E-state index is 0.281. The SMILES string of the molecule is C=N/C=C(\C=N/Cc1ccc(C#N)cc1Oc1c(C)nn(CC(F)F)c1C)CCN. The van der Waals surface area contributed by atoms with Crippen LogP contribution in [0.2, 0.25) is 0 Å². The maximum absolute atomic E-state index is 12.8. The smallest absolute Gasteiger partial charge is 0.257 e. The Morgan fingerprint density at radius 3 is 2.83 bits per heavy atom. The third-order valence-corrected chi connectivity index (χ3v) is 4.24. The van der Waals surface area contributed by atoms with Gasteiger partial charge in [-0.3, -0.25) is 14.7 Å². The molecule has 158 valence electrons. The van der Waals surface area contributed by atoms with Crippen molar-refractivity contribution in [2.45, 2.75) is 39.8 Å². The predicted molar refractivity (Wildman–Crippen MR) is 112 cm³/mol. The molecule has 0 fully saturated rings. The summed E-state index contributed by atoms with van der Waals surface area (Å²) in [5, 5.41) is 13.4. The van der Waals surface area contributed by atoms with Crippen LogP contribution in [0.5, 0.6) is 11.5 Å². The number of hydrogen-bond acceptors (Lipinski definition) is 6. The lowest BCUT2D eigenvalue weighted by atomic mass is 10.1. The summed E-state index contributed by atoms with van der Waals surface area (Å²) < 4.78 is 32.8. The quantitative estimate of drug-likeness (QED) is 0.595. The summed E-state index contributed by atoms with van der Waals surface area (Å²) in [7, 11) is 0. The van der Waals surface area contributed by atoms with Gasteiger partial charge in [-0.05, 0) is 51.2 Å². The summed E-state index contributed by atoms with van der Waals surface area (Å²) in [5.41, 5.74) is 8.51. The zero-order valence-electron chi connectivity index (χ0n) is 17.0. The molecular weight excluding hydrogens is 390 g/mol. The Morgan fingerprint density at radius 2 is 2.20 bits per heavy atom. The van der Waals surface area contributed by atoms with Crippen LogP contribution < -0.4 is 10.5 Å². The minimum Gasteiger partial charge on any atom is -0.453 e. The molecule has 0 spiro atoms. The second-order valence-electron chi connectivity index (χ2n) is 6.50. The van der Waals surface area contributed by atoms with Crippen molar-refractivity contribution in [3.05, 3.63) is 52.5 Å². The summed E-state index contributed by atoms with van der Waals surface area (Å²) in [4.78, 5) is 8.14. The fraction of sp³-hybridized carbons (Fsp3) is 0.333. The van der Waals surface area contributed by atoms with Crippen LogP contribution in [-0.2, 0) is 13.1 Å². The first-order valence-electron chi connectivity index (χ1n) is 9.27. The molecule has 0 bridgehead atoms. The van der Waals surface area contributed by atoms with Gasteiger partial charge in [-0.15, -0.1) is 0 Å². The first-order chi connectivity index (χ1) is 14.4. The minimum atomic E-state index is -2.52. The van der Waals surface area contributed by atoms with Crippen LogP contribution >= 0.6 is 0 Å². The maximum atomic E-state index is 12.8. The summed E-state index contributed by atoms with van der Waals surface area (Å²) in [6, 6.07) is 7.08. The Balaban J connectivity index is 2.32. The zero-order chi connectivity index (χ0) is 22.1. The number of aliphatic imine (C=N–C) groups is 2. The molecule has 0 amide bonds. The van der Waals surface area contributed by atoms with Gasteiger partial charge in [0.25, 0.3) is 6.43 Å². The van der Waals surface area contributed by atoms with Crippen molar-refractivity contribution in [1.29, 1.82) is 5.26 Å². The fourth-order valence-corrected chi connectivity index (χ4v) is 2.80. The van der Waals surface area contributed by atoms with Crippen LogP contribution in [0.4, 0.5) is 8.78 Å². The molecule has 0 saturated carbocycles. The molecule has 0 atom stereocenters.